The lowest BCUT2D eigenvalue weighted by molar-refractivity contribution is -0.123. The molecule has 0 spiro atoms. The van der Waals surface area contributed by atoms with E-state index >= 15 is 0 Å². The molecule has 4 rings (SSSR count). The Morgan fingerprint density at radius 3 is 2.57 bits per heavy atom. The fourth-order valence-electron chi connectivity index (χ4n) is 2.77. The number of hydrogen-bond acceptors (Lipinski definition) is 7. The van der Waals surface area contributed by atoms with Gasteiger partial charge in [-0.25, -0.2) is 12.8 Å². The van der Waals surface area contributed by atoms with E-state index < -0.39 is 27.7 Å². The summed E-state index contributed by atoms with van der Waals surface area (Å²) < 4.78 is 44.7. The van der Waals surface area contributed by atoms with Crippen molar-refractivity contribution < 1.29 is 22.3 Å². The largest absolute Gasteiger partial charge is 0.473 e. The maximum absolute atomic E-state index is 14.2. The number of halogens is 2. The predicted octanol–water partition coefficient (Wildman–Crippen LogP) is 4.03. The molecule has 7 nitrogen and oxygen atoms in total. The van der Waals surface area contributed by atoms with Gasteiger partial charge < -0.3 is 4.74 Å². The second kappa shape index (κ2) is 8.29. The summed E-state index contributed by atoms with van der Waals surface area (Å²) in [4.78, 5) is 13.0. The third-order valence-corrected chi connectivity index (χ3v) is 7.56. The van der Waals surface area contributed by atoms with Crippen LogP contribution in [0.2, 0.25) is 5.02 Å². The Balaban J connectivity index is 1.64. The van der Waals surface area contributed by atoms with Gasteiger partial charge in [0.25, 0.3) is 5.91 Å². The van der Waals surface area contributed by atoms with Gasteiger partial charge in [-0.2, -0.15) is 0 Å². The zero-order valence-corrected chi connectivity index (χ0v) is 17.7. The molecule has 0 saturated heterocycles. The number of sulfone groups is 1. The molecule has 0 radical (unpaired) electrons. The molecule has 1 aliphatic carbocycles. The predicted molar refractivity (Wildman–Crippen MR) is 110 cm³/mol. The highest BCUT2D eigenvalue weighted by Crippen LogP contribution is 2.34. The lowest BCUT2D eigenvalue weighted by Gasteiger charge is -2.19. The van der Waals surface area contributed by atoms with Crippen molar-refractivity contribution in [2.75, 3.05) is 5.32 Å². The van der Waals surface area contributed by atoms with Crippen LogP contribution in [0.25, 0.3) is 0 Å². The van der Waals surface area contributed by atoms with Gasteiger partial charge in [0.2, 0.25) is 11.2 Å². The molecule has 1 saturated carbocycles. The van der Waals surface area contributed by atoms with Crippen molar-refractivity contribution in [2.45, 2.75) is 29.1 Å². The first-order valence-electron chi connectivity index (χ1n) is 8.87. The molecule has 1 aliphatic rings. The summed E-state index contributed by atoms with van der Waals surface area (Å²) in [5.74, 6) is -1.52. The summed E-state index contributed by atoms with van der Waals surface area (Å²) >= 11 is 6.88. The molecule has 30 heavy (non-hydrogen) atoms. The van der Waals surface area contributed by atoms with Gasteiger partial charge in [-0.3, -0.25) is 10.1 Å². The minimum atomic E-state index is -3.37. The van der Waals surface area contributed by atoms with Gasteiger partial charge in [0.05, 0.1) is 10.1 Å². The van der Waals surface area contributed by atoms with Crippen molar-refractivity contribution in [1.82, 2.24) is 10.2 Å². The SMILES string of the molecule is O=C(Nc1nncs1)C(Oc1ccc(Cl)cc1F)c1ccc(S(=O)(=O)C2CC2)cc1. The van der Waals surface area contributed by atoms with Gasteiger partial charge in [0.15, 0.2) is 21.4 Å². The van der Waals surface area contributed by atoms with Crippen molar-refractivity contribution in [3.05, 3.63) is 64.4 Å². The number of amides is 1. The van der Waals surface area contributed by atoms with E-state index in [2.05, 4.69) is 15.5 Å². The fraction of sp³-hybridized carbons (Fsp3) is 0.211. The Bertz CT molecular complexity index is 1170. The lowest BCUT2D eigenvalue weighted by Crippen LogP contribution is -2.26. The second-order valence-electron chi connectivity index (χ2n) is 6.62. The van der Waals surface area contributed by atoms with E-state index in [-0.39, 0.29) is 26.0 Å². The summed E-state index contributed by atoms with van der Waals surface area (Å²) in [5.41, 5.74) is 1.79. The van der Waals surface area contributed by atoms with E-state index in [0.717, 1.165) is 17.4 Å². The van der Waals surface area contributed by atoms with E-state index in [4.69, 9.17) is 16.3 Å². The highest BCUT2D eigenvalue weighted by Gasteiger charge is 2.37. The number of rotatable bonds is 7. The molecule has 1 fully saturated rings. The Morgan fingerprint density at radius 1 is 1.23 bits per heavy atom. The van der Waals surface area contributed by atoms with Crippen molar-refractivity contribution in [2.24, 2.45) is 0 Å². The van der Waals surface area contributed by atoms with Crippen molar-refractivity contribution >= 4 is 43.8 Å². The van der Waals surface area contributed by atoms with Gasteiger partial charge in [-0.15, -0.1) is 10.2 Å². The fourth-order valence-corrected chi connectivity index (χ4v) is 5.04. The molecule has 1 heterocycles. The first-order valence-corrected chi connectivity index (χ1v) is 11.7. The maximum Gasteiger partial charge on any atom is 0.272 e. The first-order chi connectivity index (χ1) is 14.3. The third-order valence-electron chi connectivity index (χ3n) is 4.44. The molecule has 156 valence electrons. The molecular weight excluding hydrogens is 453 g/mol. The van der Waals surface area contributed by atoms with Gasteiger partial charge in [-0.1, -0.05) is 35.1 Å². The quantitative estimate of drug-likeness (QED) is 0.563. The average Bonchev–Trinajstić information content (AvgIpc) is 3.46. The molecule has 11 heteroatoms. The molecule has 0 bridgehead atoms. The Kier molecular flexibility index (Phi) is 5.72. The monoisotopic (exact) mass is 467 g/mol. The molecule has 1 aromatic heterocycles. The van der Waals surface area contributed by atoms with E-state index in [1.807, 2.05) is 0 Å². The summed E-state index contributed by atoms with van der Waals surface area (Å²) in [7, 11) is -3.37. The Hall–Kier alpha value is -2.56. The van der Waals surface area contributed by atoms with Crippen LogP contribution in [0, 0.1) is 5.82 Å². The molecular formula is C19H15ClFN3O4S2. The van der Waals surface area contributed by atoms with Crippen molar-refractivity contribution in [3.63, 3.8) is 0 Å². The zero-order chi connectivity index (χ0) is 21.3. The van der Waals surface area contributed by atoms with E-state index in [1.54, 1.807) is 0 Å². The molecule has 2 aromatic carbocycles. The highest BCUT2D eigenvalue weighted by molar-refractivity contribution is 7.92. The molecule has 1 N–H and O–H groups in total. The van der Waals surface area contributed by atoms with Crippen LogP contribution in [-0.2, 0) is 14.6 Å². The molecule has 3 aromatic rings. The number of benzene rings is 2. The van der Waals surface area contributed by atoms with E-state index in [1.165, 1.54) is 41.9 Å². The Labute approximate surface area is 180 Å². The normalized spacial score (nSPS) is 14.9. The first kappa shape index (κ1) is 20.7. The summed E-state index contributed by atoms with van der Waals surface area (Å²) in [5, 5.41) is 10.0. The average molecular weight is 468 g/mol. The molecule has 0 aliphatic heterocycles. The van der Waals surface area contributed by atoms with Crippen molar-refractivity contribution in [1.29, 1.82) is 0 Å². The van der Waals surface area contributed by atoms with Crippen LogP contribution in [0.15, 0.2) is 52.9 Å². The molecule has 1 atom stereocenters. The number of carbonyl (C=O) groups excluding carboxylic acids is 1. The van der Waals surface area contributed by atoms with Gasteiger partial charge in [0, 0.05) is 10.6 Å². The lowest BCUT2D eigenvalue weighted by atomic mass is 10.1. The van der Waals surface area contributed by atoms with E-state index in [0.29, 0.717) is 18.4 Å². The number of anilines is 1. The number of nitrogens with one attached hydrogen (secondary N) is 1. The smallest absolute Gasteiger partial charge is 0.272 e. The van der Waals surface area contributed by atoms with Crippen molar-refractivity contribution in [3.8, 4) is 5.75 Å². The zero-order valence-electron chi connectivity index (χ0n) is 15.3. The summed E-state index contributed by atoms with van der Waals surface area (Å²) in [6.07, 6.45) is 0.0357. The number of nitrogens with zero attached hydrogens (tertiary/aromatic N) is 2. The summed E-state index contributed by atoms with van der Waals surface area (Å²) in [6.45, 7) is 0. The van der Waals surface area contributed by atoms with Crippen LogP contribution in [0.3, 0.4) is 0 Å². The number of aromatic nitrogens is 2. The highest BCUT2D eigenvalue weighted by atomic mass is 35.5. The van der Waals surface area contributed by atoms with Crippen LogP contribution in [0.5, 0.6) is 5.75 Å². The van der Waals surface area contributed by atoms with Gasteiger partial charge >= 0.3 is 0 Å². The van der Waals surface area contributed by atoms with Crippen LogP contribution in [-0.4, -0.2) is 29.8 Å². The maximum atomic E-state index is 14.2. The minimum Gasteiger partial charge on any atom is -0.473 e. The topological polar surface area (TPSA) is 98.2 Å². The number of carbonyl (C=O) groups is 1. The molecule has 1 unspecified atom stereocenters. The van der Waals surface area contributed by atoms with Crippen LogP contribution < -0.4 is 10.1 Å². The van der Waals surface area contributed by atoms with Gasteiger partial charge in [0.1, 0.15) is 5.51 Å². The van der Waals surface area contributed by atoms with Gasteiger partial charge in [-0.05, 0) is 43.2 Å². The number of ether oxygens (including phenoxy) is 1. The van der Waals surface area contributed by atoms with Crippen LogP contribution in [0.4, 0.5) is 9.52 Å². The van der Waals surface area contributed by atoms with Crippen LogP contribution >= 0.6 is 22.9 Å². The second-order valence-corrected chi connectivity index (χ2v) is 10.1. The third kappa shape index (κ3) is 4.45. The summed E-state index contributed by atoms with van der Waals surface area (Å²) in [6, 6.07) is 9.63. The molecule has 1 amide bonds. The standard InChI is InChI=1S/C19H15ClFN3O4S2/c20-12-3-8-16(15(21)9-12)28-17(18(25)23-19-24-22-10-29-19)11-1-4-13(5-2-11)30(26,27)14-6-7-14/h1-5,8-10,14,17H,6-7H2,(H,23,24,25). The minimum absolute atomic E-state index is 0.175. The van der Waals surface area contributed by atoms with E-state index in [9.17, 15) is 17.6 Å². The Morgan fingerprint density at radius 2 is 1.97 bits per heavy atom. The number of hydrogen-bond donors (Lipinski definition) is 1. The van der Waals surface area contributed by atoms with Crippen LogP contribution in [0.1, 0.15) is 24.5 Å².